The summed E-state index contributed by atoms with van der Waals surface area (Å²) in [6.07, 6.45) is 2.72. The van der Waals surface area contributed by atoms with Gasteiger partial charge >= 0.3 is 5.97 Å². The van der Waals surface area contributed by atoms with E-state index in [0.717, 1.165) is 0 Å². The van der Waals surface area contributed by atoms with Crippen molar-refractivity contribution in [2.24, 2.45) is 0 Å². The summed E-state index contributed by atoms with van der Waals surface area (Å²) in [4.78, 5) is 24.5. The van der Waals surface area contributed by atoms with Gasteiger partial charge in [-0.25, -0.2) is 4.79 Å². The van der Waals surface area contributed by atoms with Crippen LogP contribution in [0.2, 0.25) is 0 Å². The van der Waals surface area contributed by atoms with Gasteiger partial charge in [0.05, 0.1) is 41.1 Å². The number of hydrogen-bond donors (Lipinski definition) is 0. The number of rotatable bonds is 10. The van der Waals surface area contributed by atoms with E-state index in [0.29, 0.717) is 34.3 Å². The lowest BCUT2D eigenvalue weighted by Crippen LogP contribution is -2.13. The van der Waals surface area contributed by atoms with E-state index in [1.165, 1.54) is 53.8 Å². The number of methoxy groups -OCH3 is 5. The third-order valence-electron chi connectivity index (χ3n) is 4.15. The molecule has 2 rings (SSSR count). The second-order valence-electron chi connectivity index (χ2n) is 5.89. The zero-order valence-electron chi connectivity index (χ0n) is 17.5. The van der Waals surface area contributed by atoms with Gasteiger partial charge in [0.1, 0.15) is 11.5 Å². The quantitative estimate of drug-likeness (QED) is 0.331. The van der Waals surface area contributed by atoms with Gasteiger partial charge in [-0.3, -0.25) is 4.79 Å². The van der Waals surface area contributed by atoms with Crippen LogP contribution in [0.15, 0.2) is 36.4 Å². The summed E-state index contributed by atoms with van der Waals surface area (Å²) in [5.41, 5.74) is 0.889. The summed E-state index contributed by atoms with van der Waals surface area (Å²) < 4.78 is 31.1. The van der Waals surface area contributed by atoms with Crippen molar-refractivity contribution in [2.45, 2.75) is 0 Å². The molecule has 8 nitrogen and oxygen atoms in total. The molecule has 0 saturated carbocycles. The summed E-state index contributed by atoms with van der Waals surface area (Å²) in [5, 5.41) is 0. The van der Waals surface area contributed by atoms with Crippen molar-refractivity contribution in [1.82, 2.24) is 0 Å². The van der Waals surface area contributed by atoms with Crippen LogP contribution in [-0.4, -0.2) is 53.9 Å². The van der Waals surface area contributed by atoms with Gasteiger partial charge in [-0.15, -0.1) is 0 Å². The second-order valence-corrected chi connectivity index (χ2v) is 5.89. The zero-order chi connectivity index (χ0) is 22.1. The fraction of sp³-hybridized carbons (Fsp3) is 0.273. The number of esters is 1. The number of Topliss-reactive ketones (excluding diaryl/α,β-unsaturated/α-hetero) is 1. The van der Waals surface area contributed by atoms with Gasteiger partial charge in [0.15, 0.2) is 18.1 Å². The Bertz CT molecular complexity index is 908. The van der Waals surface area contributed by atoms with Gasteiger partial charge in [0.25, 0.3) is 0 Å². The largest absolute Gasteiger partial charge is 0.497 e. The molecule has 0 spiro atoms. The van der Waals surface area contributed by atoms with E-state index in [1.54, 1.807) is 24.3 Å². The average Bonchev–Trinajstić information content (AvgIpc) is 2.79. The molecule has 0 aliphatic heterocycles. The van der Waals surface area contributed by atoms with E-state index in [-0.39, 0.29) is 5.56 Å². The predicted octanol–water partition coefficient (Wildman–Crippen LogP) is 3.17. The molecular formula is C22H24O8. The first kappa shape index (κ1) is 22.6. The highest BCUT2D eigenvalue weighted by Gasteiger charge is 2.16. The van der Waals surface area contributed by atoms with Crippen LogP contribution in [0.3, 0.4) is 0 Å². The lowest BCUT2D eigenvalue weighted by Gasteiger charge is -2.12. The molecular weight excluding hydrogens is 392 g/mol. The minimum Gasteiger partial charge on any atom is -0.497 e. The van der Waals surface area contributed by atoms with E-state index in [2.05, 4.69) is 0 Å². The first-order valence-electron chi connectivity index (χ1n) is 8.87. The van der Waals surface area contributed by atoms with Gasteiger partial charge in [-0.2, -0.15) is 0 Å². The minimum absolute atomic E-state index is 0.262. The highest BCUT2D eigenvalue weighted by Crippen LogP contribution is 2.38. The molecule has 0 aliphatic carbocycles. The van der Waals surface area contributed by atoms with Crippen molar-refractivity contribution >= 4 is 17.8 Å². The molecule has 2 aromatic rings. The molecule has 0 heterocycles. The van der Waals surface area contributed by atoms with Gasteiger partial charge in [-0.05, 0) is 42.0 Å². The molecule has 0 saturated heterocycles. The van der Waals surface area contributed by atoms with Crippen molar-refractivity contribution in [3.05, 3.63) is 47.5 Å². The van der Waals surface area contributed by atoms with Crippen molar-refractivity contribution in [1.29, 1.82) is 0 Å². The Balaban J connectivity index is 2.08. The lowest BCUT2D eigenvalue weighted by molar-refractivity contribution is -0.136. The predicted molar refractivity (Wildman–Crippen MR) is 110 cm³/mol. The van der Waals surface area contributed by atoms with Gasteiger partial charge in [0, 0.05) is 6.08 Å². The van der Waals surface area contributed by atoms with E-state index < -0.39 is 18.4 Å². The second kappa shape index (κ2) is 10.8. The van der Waals surface area contributed by atoms with Crippen molar-refractivity contribution in [3.8, 4) is 28.7 Å². The lowest BCUT2D eigenvalue weighted by atomic mass is 10.1. The molecule has 160 valence electrons. The highest BCUT2D eigenvalue weighted by atomic mass is 16.5. The topological polar surface area (TPSA) is 89.5 Å². The summed E-state index contributed by atoms with van der Waals surface area (Å²) in [5.74, 6) is 1.10. The highest BCUT2D eigenvalue weighted by molar-refractivity contribution is 6.01. The molecule has 8 heteroatoms. The Kier molecular flexibility index (Phi) is 8.10. The molecule has 0 fully saturated rings. The fourth-order valence-corrected chi connectivity index (χ4v) is 2.66. The van der Waals surface area contributed by atoms with Crippen LogP contribution < -0.4 is 23.7 Å². The maximum Gasteiger partial charge on any atom is 0.331 e. The first-order valence-corrected chi connectivity index (χ1v) is 8.87. The molecule has 0 aliphatic rings. The molecule has 0 atom stereocenters. The number of ketones is 1. The van der Waals surface area contributed by atoms with Gasteiger partial charge in [0.2, 0.25) is 11.5 Å². The molecule has 0 amide bonds. The smallest absolute Gasteiger partial charge is 0.331 e. The fourth-order valence-electron chi connectivity index (χ4n) is 2.66. The van der Waals surface area contributed by atoms with Crippen LogP contribution >= 0.6 is 0 Å². The third-order valence-corrected chi connectivity index (χ3v) is 4.15. The Morgan fingerprint density at radius 2 is 1.43 bits per heavy atom. The SMILES string of the molecule is COc1ccc(OC)c(C(=O)COC(=O)C=Cc2cc(OC)c(OC)c(OC)c2)c1. The summed E-state index contributed by atoms with van der Waals surface area (Å²) in [7, 11) is 7.44. The normalized spacial score (nSPS) is 10.4. The maximum absolute atomic E-state index is 12.4. The Morgan fingerprint density at radius 3 is 1.97 bits per heavy atom. The van der Waals surface area contributed by atoms with Crippen LogP contribution in [0.4, 0.5) is 0 Å². The molecule has 0 unspecified atom stereocenters. The van der Waals surface area contributed by atoms with Gasteiger partial charge in [-0.1, -0.05) is 0 Å². The monoisotopic (exact) mass is 416 g/mol. The van der Waals surface area contributed by atoms with Crippen LogP contribution in [0.25, 0.3) is 6.08 Å². The summed E-state index contributed by atoms with van der Waals surface area (Å²) in [6, 6.07) is 8.16. The number of benzene rings is 2. The standard InChI is InChI=1S/C22H24O8/c1-25-15-7-8-18(26-2)16(12-15)17(23)13-30-21(24)9-6-14-10-19(27-3)22(29-5)20(11-14)28-4/h6-12H,13H2,1-5H3. The first-order chi connectivity index (χ1) is 14.5. The molecule has 2 aromatic carbocycles. The average molecular weight is 416 g/mol. The van der Waals surface area contributed by atoms with Crippen molar-refractivity contribution in [2.75, 3.05) is 42.2 Å². The Hall–Kier alpha value is -3.68. The van der Waals surface area contributed by atoms with E-state index in [4.69, 9.17) is 28.4 Å². The summed E-state index contributed by atoms with van der Waals surface area (Å²) in [6.45, 7) is -0.443. The minimum atomic E-state index is -0.682. The van der Waals surface area contributed by atoms with E-state index in [1.807, 2.05) is 0 Å². The van der Waals surface area contributed by atoms with Crippen LogP contribution in [0, 0.1) is 0 Å². The van der Waals surface area contributed by atoms with Crippen LogP contribution in [0.1, 0.15) is 15.9 Å². The molecule has 30 heavy (non-hydrogen) atoms. The van der Waals surface area contributed by atoms with E-state index >= 15 is 0 Å². The van der Waals surface area contributed by atoms with Crippen LogP contribution in [-0.2, 0) is 9.53 Å². The van der Waals surface area contributed by atoms with E-state index in [9.17, 15) is 9.59 Å². The molecule has 0 N–H and O–H groups in total. The number of carbonyl (C=O) groups excluding carboxylic acids is 2. The van der Waals surface area contributed by atoms with Crippen molar-refractivity contribution in [3.63, 3.8) is 0 Å². The molecule has 0 bridgehead atoms. The maximum atomic E-state index is 12.4. The Labute approximate surface area is 174 Å². The number of ether oxygens (including phenoxy) is 6. The molecule has 0 radical (unpaired) electrons. The van der Waals surface area contributed by atoms with Crippen molar-refractivity contribution < 1.29 is 38.0 Å². The Morgan fingerprint density at radius 1 is 0.800 bits per heavy atom. The zero-order valence-corrected chi connectivity index (χ0v) is 17.5. The number of hydrogen-bond acceptors (Lipinski definition) is 8. The number of carbonyl (C=O) groups is 2. The summed E-state index contributed by atoms with van der Waals surface area (Å²) >= 11 is 0. The molecule has 0 aromatic heterocycles. The van der Waals surface area contributed by atoms with Gasteiger partial charge < -0.3 is 28.4 Å². The third kappa shape index (κ3) is 5.44. The van der Waals surface area contributed by atoms with Crippen LogP contribution in [0.5, 0.6) is 28.7 Å².